The van der Waals surface area contributed by atoms with Crippen LogP contribution < -0.4 is 10.6 Å². The van der Waals surface area contributed by atoms with Crippen LogP contribution in [0.3, 0.4) is 0 Å². The van der Waals surface area contributed by atoms with Gasteiger partial charge in [-0.2, -0.15) is 0 Å². The summed E-state index contributed by atoms with van der Waals surface area (Å²) in [5.41, 5.74) is 1.94. The number of thiophene rings is 1. The number of hydrogen-bond acceptors (Lipinski definition) is 2. The summed E-state index contributed by atoms with van der Waals surface area (Å²) in [6.07, 6.45) is 0. The van der Waals surface area contributed by atoms with Crippen molar-refractivity contribution >= 4 is 23.1 Å². The predicted molar refractivity (Wildman–Crippen MR) is 76.1 cm³/mol. The lowest BCUT2D eigenvalue weighted by Gasteiger charge is -2.13. The molecule has 1 atom stereocenters. The van der Waals surface area contributed by atoms with Gasteiger partial charge in [0.05, 0.1) is 6.04 Å². The normalized spacial score (nSPS) is 11.9. The summed E-state index contributed by atoms with van der Waals surface area (Å²) in [6.45, 7) is 3.97. The molecule has 2 aromatic rings. The number of nitrogens with one attached hydrogen (secondary N) is 2. The number of aryl methyl sites for hydroxylation is 1. The van der Waals surface area contributed by atoms with Gasteiger partial charge in [-0.1, -0.05) is 18.2 Å². The van der Waals surface area contributed by atoms with Crippen LogP contribution in [-0.4, -0.2) is 6.03 Å². The molecule has 0 aliphatic heterocycles. The fraction of sp³-hybridized carbons (Fsp3) is 0.214. The van der Waals surface area contributed by atoms with Crippen LogP contribution in [0.1, 0.15) is 23.4 Å². The van der Waals surface area contributed by atoms with Crippen LogP contribution in [0.5, 0.6) is 0 Å². The first-order chi connectivity index (χ1) is 8.65. The molecule has 0 aliphatic rings. The number of carbonyl (C=O) groups is 1. The SMILES string of the molecule is Cc1cccc(NC(=O)NC(C)c2cccs2)c1. The Kier molecular flexibility index (Phi) is 3.99. The summed E-state index contributed by atoms with van der Waals surface area (Å²) >= 11 is 1.64. The van der Waals surface area contributed by atoms with Gasteiger partial charge < -0.3 is 10.6 Å². The largest absolute Gasteiger partial charge is 0.331 e. The molecule has 18 heavy (non-hydrogen) atoms. The first-order valence-corrected chi connectivity index (χ1v) is 6.71. The van der Waals surface area contributed by atoms with Crippen molar-refractivity contribution in [1.82, 2.24) is 5.32 Å². The Labute approximate surface area is 111 Å². The number of amides is 2. The van der Waals surface area contributed by atoms with Crippen molar-refractivity contribution in [2.45, 2.75) is 19.9 Å². The predicted octanol–water partition coefficient (Wildman–Crippen LogP) is 3.94. The average molecular weight is 260 g/mol. The van der Waals surface area contributed by atoms with Crippen molar-refractivity contribution < 1.29 is 4.79 Å². The second kappa shape index (κ2) is 5.69. The smallest absolute Gasteiger partial charge is 0.319 e. The minimum atomic E-state index is -0.179. The van der Waals surface area contributed by atoms with E-state index in [0.717, 1.165) is 16.1 Å². The molecule has 1 aromatic carbocycles. The Balaban J connectivity index is 1.93. The Morgan fingerprint density at radius 2 is 2.11 bits per heavy atom. The molecule has 2 N–H and O–H groups in total. The highest BCUT2D eigenvalue weighted by molar-refractivity contribution is 7.10. The van der Waals surface area contributed by atoms with Gasteiger partial charge in [-0.15, -0.1) is 11.3 Å². The first kappa shape index (κ1) is 12.6. The lowest BCUT2D eigenvalue weighted by Crippen LogP contribution is -2.30. The van der Waals surface area contributed by atoms with Crippen LogP contribution in [0.25, 0.3) is 0 Å². The molecule has 1 unspecified atom stereocenters. The van der Waals surface area contributed by atoms with Crippen molar-refractivity contribution in [3.63, 3.8) is 0 Å². The van der Waals surface area contributed by atoms with E-state index >= 15 is 0 Å². The van der Waals surface area contributed by atoms with Gasteiger partial charge in [-0.05, 0) is 43.0 Å². The van der Waals surface area contributed by atoms with Gasteiger partial charge in [0, 0.05) is 10.6 Å². The third kappa shape index (κ3) is 3.34. The number of urea groups is 1. The van der Waals surface area contributed by atoms with Crippen molar-refractivity contribution in [1.29, 1.82) is 0 Å². The fourth-order valence-electron chi connectivity index (χ4n) is 1.70. The maximum atomic E-state index is 11.8. The van der Waals surface area contributed by atoms with Crippen molar-refractivity contribution in [3.05, 3.63) is 52.2 Å². The second-order valence-corrected chi connectivity index (χ2v) is 5.18. The molecule has 94 valence electrons. The van der Waals surface area contributed by atoms with Crippen LogP contribution in [0, 0.1) is 6.92 Å². The summed E-state index contributed by atoms with van der Waals surface area (Å²) in [7, 11) is 0. The van der Waals surface area contributed by atoms with Crippen molar-refractivity contribution in [2.24, 2.45) is 0 Å². The summed E-state index contributed by atoms with van der Waals surface area (Å²) in [5, 5.41) is 7.75. The summed E-state index contributed by atoms with van der Waals surface area (Å²) in [4.78, 5) is 13.0. The zero-order valence-electron chi connectivity index (χ0n) is 10.4. The Bertz CT molecular complexity index is 522. The van der Waals surface area contributed by atoms with Gasteiger partial charge in [0.1, 0.15) is 0 Å². The molecular formula is C14H16N2OS. The van der Waals surface area contributed by atoms with E-state index in [1.165, 1.54) is 0 Å². The van der Waals surface area contributed by atoms with E-state index in [-0.39, 0.29) is 12.1 Å². The van der Waals surface area contributed by atoms with Crippen LogP contribution >= 0.6 is 11.3 Å². The molecule has 3 nitrogen and oxygen atoms in total. The lowest BCUT2D eigenvalue weighted by atomic mass is 10.2. The van der Waals surface area contributed by atoms with Gasteiger partial charge in [-0.25, -0.2) is 4.79 Å². The first-order valence-electron chi connectivity index (χ1n) is 5.83. The van der Waals surface area contributed by atoms with E-state index < -0.39 is 0 Å². The van der Waals surface area contributed by atoms with E-state index in [2.05, 4.69) is 10.6 Å². The quantitative estimate of drug-likeness (QED) is 0.862. The molecule has 0 fully saturated rings. The maximum absolute atomic E-state index is 11.8. The van der Waals surface area contributed by atoms with E-state index in [1.54, 1.807) is 11.3 Å². The number of carbonyl (C=O) groups excluding carboxylic acids is 1. The lowest BCUT2D eigenvalue weighted by molar-refractivity contribution is 0.249. The number of anilines is 1. The van der Waals surface area contributed by atoms with Gasteiger partial charge >= 0.3 is 6.03 Å². The van der Waals surface area contributed by atoms with Crippen LogP contribution in [0.4, 0.5) is 10.5 Å². The van der Waals surface area contributed by atoms with E-state index in [9.17, 15) is 4.79 Å². The third-order valence-corrected chi connectivity index (χ3v) is 3.65. The van der Waals surface area contributed by atoms with E-state index in [1.807, 2.05) is 55.6 Å². The topological polar surface area (TPSA) is 41.1 Å². The molecule has 1 aromatic heterocycles. The van der Waals surface area contributed by atoms with E-state index in [4.69, 9.17) is 0 Å². The van der Waals surface area contributed by atoms with Gasteiger partial charge in [-0.3, -0.25) is 0 Å². The standard InChI is InChI=1S/C14H16N2OS/c1-10-5-3-6-12(9-10)16-14(17)15-11(2)13-7-4-8-18-13/h3-9,11H,1-2H3,(H2,15,16,17). The summed E-state index contributed by atoms with van der Waals surface area (Å²) in [5.74, 6) is 0. The Morgan fingerprint density at radius 3 is 2.78 bits per heavy atom. The minimum absolute atomic E-state index is 0.0230. The third-order valence-electron chi connectivity index (χ3n) is 2.59. The molecule has 0 saturated carbocycles. The molecule has 0 saturated heterocycles. The molecular weight excluding hydrogens is 244 g/mol. The monoisotopic (exact) mass is 260 g/mol. The van der Waals surface area contributed by atoms with Gasteiger partial charge in [0.25, 0.3) is 0 Å². The van der Waals surface area contributed by atoms with Gasteiger partial charge in [0.2, 0.25) is 0 Å². The average Bonchev–Trinajstić information content (AvgIpc) is 2.81. The molecule has 0 radical (unpaired) electrons. The highest BCUT2D eigenvalue weighted by atomic mass is 32.1. The fourth-order valence-corrected chi connectivity index (χ4v) is 2.43. The molecule has 0 bridgehead atoms. The molecule has 0 aliphatic carbocycles. The summed E-state index contributed by atoms with van der Waals surface area (Å²) < 4.78 is 0. The molecule has 0 spiro atoms. The van der Waals surface area contributed by atoms with Crippen LogP contribution in [0.2, 0.25) is 0 Å². The Morgan fingerprint density at radius 1 is 1.28 bits per heavy atom. The minimum Gasteiger partial charge on any atom is -0.331 e. The molecule has 2 rings (SSSR count). The van der Waals surface area contributed by atoms with Crippen LogP contribution in [-0.2, 0) is 0 Å². The molecule has 2 amide bonds. The second-order valence-electron chi connectivity index (χ2n) is 4.21. The zero-order chi connectivity index (χ0) is 13.0. The van der Waals surface area contributed by atoms with Gasteiger partial charge in [0.15, 0.2) is 0 Å². The van der Waals surface area contributed by atoms with E-state index in [0.29, 0.717) is 0 Å². The highest BCUT2D eigenvalue weighted by Gasteiger charge is 2.09. The molecule has 1 heterocycles. The molecule has 4 heteroatoms. The number of benzene rings is 1. The van der Waals surface area contributed by atoms with Crippen molar-refractivity contribution in [2.75, 3.05) is 5.32 Å². The van der Waals surface area contributed by atoms with Crippen molar-refractivity contribution in [3.8, 4) is 0 Å². The summed E-state index contributed by atoms with van der Waals surface area (Å²) in [6, 6.07) is 11.6. The van der Waals surface area contributed by atoms with Crippen LogP contribution in [0.15, 0.2) is 41.8 Å². The zero-order valence-corrected chi connectivity index (χ0v) is 11.3. The highest BCUT2D eigenvalue weighted by Crippen LogP contribution is 2.18. The maximum Gasteiger partial charge on any atom is 0.319 e. The number of hydrogen-bond donors (Lipinski definition) is 2. The number of rotatable bonds is 3. The Hall–Kier alpha value is -1.81.